The van der Waals surface area contributed by atoms with E-state index in [0.717, 1.165) is 11.0 Å². The lowest BCUT2D eigenvalue weighted by Crippen LogP contribution is -2.54. The number of H-pyrrole nitrogens is 1. The van der Waals surface area contributed by atoms with Crippen LogP contribution in [-0.2, 0) is 0 Å². The van der Waals surface area contributed by atoms with Gasteiger partial charge in [-0.3, -0.25) is 14.5 Å². The zero-order valence-corrected chi connectivity index (χ0v) is 22.3. The molecule has 0 saturated carbocycles. The molecule has 0 spiro atoms. The maximum absolute atomic E-state index is 14.6. The number of alkyl halides is 3. The number of aromatic nitrogens is 3. The summed E-state index contributed by atoms with van der Waals surface area (Å²) in [7, 11) is 1.35. The van der Waals surface area contributed by atoms with Gasteiger partial charge in [-0.15, -0.1) is 0 Å². The minimum atomic E-state index is -4.59. The molecule has 2 atom stereocenters. The Labute approximate surface area is 232 Å². The Morgan fingerprint density at radius 3 is 2.59 bits per heavy atom. The Morgan fingerprint density at radius 1 is 1.12 bits per heavy atom. The predicted molar refractivity (Wildman–Crippen MR) is 142 cm³/mol. The third-order valence-electron chi connectivity index (χ3n) is 7.81. The van der Waals surface area contributed by atoms with Crippen molar-refractivity contribution < 1.29 is 26.7 Å². The topological polar surface area (TPSA) is 98.6 Å². The number of rotatable bonds is 4. The Morgan fingerprint density at radius 2 is 1.88 bits per heavy atom. The lowest BCUT2D eigenvalue weighted by molar-refractivity contribution is -0.138. The molecular weight excluding hydrogens is 549 g/mol. The summed E-state index contributed by atoms with van der Waals surface area (Å²) in [5.74, 6) is -2.87. The van der Waals surface area contributed by atoms with Gasteiger partial charge < -0.3 is 15.1 Å². The van der Waals surface area contributed by atoms with E-state index in [0.29, 0.717) is 37.1 Å². The first kappa shape index (κ1) is 28.6. The molecular formula is C27H30F5N7O2. The average Bonchev–Trinajstić information content (AvgIpc) is 3.17. The molecule has 0 unspecified atom stereocenters. The highest BCUT2D eigenvalue weighted by atomic mass is 19.4. The van der Waals surface area contributed by atoms with Crippen LogP contribution in [0.15, 0.2) is 46.3 Å². The number of nitrogens with one attached hydrogen (secondary N) is 2. The molecule has 0 bridgehead atoms. The van der Waals surface area contributed by atoms with Crippen LogP contribution in [0.25, 0.3) is 11.2 Å². The van der Waals surface area contributed by atoms with Gasteiger partial charge in [-0.1, -0.05) is 12.1 Å². The summed E-state index contributed by atoms with van der Waals surface area (Å²) in [4.78, 5) is 39.4. The van der Waals surface area contributed by atoms with Crippen molar-refractivity contribution in [1.29, 1.82) is 0 Å². The molecule has 2 N–H and O–H groups in total. The van der Waals surface area contributed by atoms with Crippen molar-refractivity contribution in [2.75, 3.05) is 33.2 Å². The second-order valence-corrected chi connectivity index (χ2v) is 10.4. The largest absolute Gasteiger partial charge is 0.405 e. The smallest absolute Gasteiger partial charge is 0.349 e. The number of carbonyl (C=O) groups excluding carboxylic acids is 1. The number of hydrogen-bond acceptors (Lipinski definition) is 4. The summed E-state index contributed by atoms with van der Waals surface area (Å²) in [5, 5.41) is 2.83. The number of amides is 2. The summed E-state index contributed by atoms with van der Waals surface area (Å²) in [6.45, 7) is -0.938. The number of carbonyl (C=O) groups is 1. The zero-order valence-electron chi connectivity index (χ0n) is 22.3. The first-order chi connectivity index (χ1) is 19.6. The highest BCUT2D eigenvalue weighted by Crippen LogP contribution is 2.32. The number of nitrogens with zero attached hydrogens (tertiary/aromatic N) is 5. The molecule has 4 heterocycles. The van der Waals surface area contributed by atoms with Crippen LogP contribution >= 0.6 is 0 Å². The number of fused-ring (bicyclic) bond motifs is 1. The van der Waals surface area contributed by atoms with E-state index in [4.69, 9.17) is 0 Å². The molecule has 2 aromatic heterocycles. The number of urea groups is 1. The number of pyridine rings is 1. The number of amidine groups is 1. The number of aromatic amines is 1. The van der Waals surface area contributed by atoms with Gasteiger partial charge in [-0.25, -0.2) is 23.4 Å². The fourth-order valence-corrected chi connectivity index (χ4v) is 5.94. The van der Waals surface area contributed by atoms with Gasteiger partial charge in [0.05, 0.1) is 11.6 Å². The number of hydrogen-bond donors (Lipinski definition) is 2. The maximum Gasteiger partial charge on any atom is 0.405 e. The predicted octanol–water partition coefficient (Wildman–Crippen LogP) is 4.19. The zero-order chi connectivity index (χ0) is 29.3. The van der Waals surface area contributed by atoms with Gasteiger partial charge in [0.25, 0.3) is 0 Å². The molecule has 41 heavy (non-hydrogen) atoms. The molecule has 1 aromatic carbocycles. The monoisotopic (exact) mass is 579 g/mol. The van der Waals surface area contributed by atoms with Gasteiger partial charge in [0.1, 0.15) is 12.4 Å². The lowest BCUT2D eigenvalue weighted by Gasteiger charge is -2.35. The van der Waals surface area contributed by atoms with Crippen LogP contribution in [0.3, 0.4) is 0 Å². The minimum absolute atomic E-state index is 0.00982. The minimum Gasteiger partial charge on any atom is -0.349 e. The SMILES string of the molecule is CN=C1[C@H](NC(=O)N2CCC(n3c(=O)[nH]c4ncccc43)CC2)CC[C@@H](c2cccc(F)c2F)CN1CC(F)(F)F. The van der Waals surface area contributed by atoms with Gasteiger partial charge in [-0.2, -0.15) is 13.2 Å². The normalized spacial score (nSPS) is 21.9. The molecule has 9 nitrogen and oxygen atoms in total. The van der Waals surface area contributed by atoms with Crippen molar-refractivity contribution in [1.82, 2.24) is 29.7 Å². The number of likely N-dealkylation sites (tertiary alicyclic amines) is 2. The van der Waals surface area contributed by atoms with Crippen LogP contribution in [-0.4, -0.2) is 81.6 Å². The quantitative estimate of drug-likeness (QED) is 0.453. The highest BCUT2D eigenvalue weighted by molar-refractivity contribution is 5.91. The molecule has 5 rings (SSSR count). The van der Waals surface area contributed by atoms with Crippen LogP contribution in [0.1, 0.15) is 43.2 Å². The number of imidazole rings is 1. The summed E-state index contributed by atoms with van der Waals surface area (Å²) < 4.78 is 70.9. The van der Waals surface area contributed by atoms with E-state index < -0.39 is 42.3 Å². The van der Waals surface area contributed by atoms with E-state index in [9.17, 15) is 31.5 Å². The van der Waals surface area contributed by atoms with Crippen LogP contribution in [0.4, 0.5) is 26.7 Å². The van der Waals surface area contributed by atoms with E-state index in [1.807, 2.05) is 0 Å². The van der Waals surface area contributed by atoms with Gasteiger partial charge in [0.15, 0.2) is 17.3 Å². The standard InChI is InChI=1S/C27H30F5N7O2/c1-33-24-20(8-7-16(14-38(24)15-27(30,31)32)18-4-2-5-19(28)22(18)29)35-25(40)37-12-9-17(10-13-37)39-21-6-3-11-34-23(21)36-26(39)41/h2-6,11,16-17,20H,7-10,12-15H2,1H3,(H,35,40)(H,34,36,41)/t16-,20-/m1/s1. The summed E-state index contributed by atoms with van der Waals surface area (Å²) in [5.41, 5.74) is 0.872. The van der Waals surface area contributed by atoms with Gasteiger partial charge in [0.2, 0.25) is 0 Å². The van der Waals surface area contributed by atoms with E-state index in [1.54, 1.807) is 27.8 Å². The number of benzene rings is 1. The Hall–Kier alpha value is -3.97. The fraction of sp³-hybridized carbons (Fsp3) is 0.481. The molecule has 14 heteroatoms. The van der Waals surface area contributed by atoms with Crippen molar-refractivity contribution in [3.8, 4) is 0 Å². The van der Waals surface area contributed by atoms with Crippen LogP contribution in [0.5, 0.6) is 0 Å². The number of halogens is 5. The van der Waals surface area contributed by atoms with Crippen molar-refractivity contribution >= 4 is 23.0 Å². The molecule has 220 valence electrons. The fourth-order valence-electron chi connectivity index (χ4n) is 5.94. The van der Waals surface area contributed by atoms with Crippen molar-refractivity contribution in [2.45, 2.75) is 49.9 Å². The van der Waals surface area contributed by atoms with Crippen molar-refractivity contribution in [2.24, 2.45) is 4.99 Å². The third kappa shape index (κ3) is 6.05. The highest BCUT2D eigenvalue weighted by Gasteiger charge is 2.39. The summed E-state index contributed by atoms with van der Waals surface area (Å²) in [6, 6.07) is 5.71. The van der Waals surface area contributed by atoms with Gasteiger partial charge >= 0.3 is 17.9 Å². The van der Waals surface area contributed by atoms with E-state index in [-0.39, 0.29) is 42.5 Å². The number of aliphatic imine (C=N–C) groups is 1. The van der Waals surface area contributed by atoms with Crippen molar-refractivity contribution in [3.05, 3.63) is 64.2 Å². The van der Waals surface area contributed by atoms with E-state index in [2.05, 4.69) is 20.3 Å². The number of piperidine rings is 1. The molecule has 2 aliphatic heterocycles. The molecule has 2 fully saturated rings. The van der Waals surface area contributed by atoms with Crippen molar-refractivity contribution in [3.63, 3.8) is 0 Å². The maximum atomic E-state index is 14.6. The van der Waals surface area contributed by atoms with Gasteiger partial charge in [0, 0.05) is 44.8 Å². The van der Waals surface area contributed by atoms with E-state index >= 15 is 0 Å². The lowest BCUT2D eigenvalue weighted by atomic mass is 9.93. The second kappa shape index (κ2) is 11.5. The first-order valence-electron chi connectivity index (χ1n) is 13.4. The summed E-state index contributed by atoms with van der Waals surface area (Å²) in [6.07, 6.45) is -1.62. The molecule has 0 aliphatic carbocycles. The van der Waals surface area contributed by atoms with E-state index in [1.165, 1.54) is 19.2 Å². The van der Waals surface area contributed by atoms with Crippen LogP contribution in [0, 0.1) is 11.6 Å². The molecule has 2 saturated heterocycles. The molecule has 3 aromatic rings. The van der Waals surface area contributed by atoms with Crippen LogP contribution < -0.4 is 11.0 Å². The molecule has 2 amide bonds. The Balaban J connectivity index is 1.31. The average molecular weight is 580 g/mol. The van der Waals surface area contributed by atoms with Crippen LogP contribution in [0.2, 0.25) is 0 Å². The third-order valence-corrected chi connectivity index (χ3v) is 7.81. The summed E-state index contributed by atoms with van der Waals surface area (Å²) >= 11 is 0. The Bertz CT molecular complexity index is 1490. The van der Waals surface area contributed by atoms with Gasteiger partial charge in [-0.05, 0) is 49.4 Å². The Kier molecular flexibility index (Phi) is 8.00. The second-order valence-electron chi connectivity index (χ2n) is 10.4. The molecule has 0 radical (unpaired) electrons. The molecule has 2 aliphatic rings. The first-order valence-corrected chi connectivity index (χ1v) is 13.4.